The van der Waals surface area contributed by atoms with Gasteiger partial charge in [0.25, 0.3) is 0 Å². The van der Waals surface area contributed by atoms with E-state index in [1.165, 1.54) is 4.80 Å². The molecule has 1 fully saturated rings. The van der Waals surface area contributed by atoms with E-state index in [1.54, 1.807) is 11.0 Å². The van der Waals surface area contributed by atoms with Crippen LogP contribution in [0.25, 0.3) is 0 Å². The number of aliphatic carboxylic acids is 1. The summed E-state index contributed by atoms with van der Waals surface area (Å²) < 4.78 is 0. The van der Waals surface area contributed by atoms with Crippen LogP contribution in [-0.4, -0.2) is 55.2 Å². The number of aromatic nitrogens is 4. The predicted octanol–water partition coefficient (Wildman–Crippen LogP) is 1.24. The Morgan fingerprint density at radius 1 is 1.33 bits per heavy atom. The molecular formula is C16H25N5O3. The van der Waals surface area contributed by atoms with Crippen LogP contribution in [0.4, 0.5) is 0 Å². The molecule has 2 rings (SSSR count). The summed E-state index contributed by atoms with van der Waals surface area (Å²) in [5, 5.41) is 21.6. The number of nitrogens with zero attached hydrogens (tertiary/aromatic N) is 5. The van der Waals surface area contributed by atoms with Gasteiger partial charge in [-0.3, -0.25) is 9.59 Å². The second kappa shape index (κ2) is 6.70. The Morgan fingerprint density at radius 3 is 2.42 bits per heavy atom. The van der Waals surface area contributed by atoms with E-state index in [-0.39, 0.29) is 17.9 Å². The lowest BCUT2D eigenvalue weighted by Crippen LogP contribution is -2.47. The van der Waals surface area contributed by atoms with E-state index >= 15 is 0 Å². The molecule has 1 aromatic heterocycles. The van der Waals surface area contributed by atoms with Crippen LogP contribution in [0.1, 0.15) is 45.9 Å². The molecule has 1 aliphatic heterocycles. The highest BCUT2D eigenvalue weighted by molar-refractivity contribution is 5.78. The lowest BCUT2D eigenvalue weighted by Gasteiger charge is -2.38. The van der Waals surface area contributed by atoms with E-state index in [2.05, 4.69) is 22.0 Å². The Bertz CT molecular complexity index is 624. The summed E-state index contributed by atoms with van der Waals surface area (Å²) in [5.41, 5.74) is -1.03. The Balaban J connectivity index is 1.97. The van der Waals surface area contributed by atoms with Crippen molar-refractivity contribution in [2.24, 2.45) is 5.41 Å². The molecule has 8 heteroatoms. The third-order valence-electron chi connectivity index (χ3n) is 4.46. The highest BCUT2D eigenvalue weighted by Gasteiger charge is 2.41. The van der Waals surface area contributed by atoms with Gasteiger partial charge in [0.2, 0.25) is 5.91 Å². The molecule has 1 saturated heterocycles. The van der Waals surface area contributed by atoms with E-state index in [0.29, 0.717) is 38.2 Å². The summed E-state index contributed by atoms with van der Waals surface area (Å²) in [6, 6.07) is 0. The van der Waals surface area contributed by atoms with Crippen molar-refractivity contribution in [3.8, 4) is 0 Å². The van der Waals surface area contributed by atoms with Gasteiger partial charge in [-0.1, -0.05) is 26.8 Å². The van der Waals surface area contributed by atoms with E-state index in [0.717, 1.165) is 0 Å². The van der Waals surface area contributed by atoms with E-state index < -0.39 is 11.4 Å². The van der Waals surface area contributed by atoms with Crippen molar-refractivity contribution in [1.82, 2.24) is 25.1 Å². The highest BCUT2D eigenvalue weighted by atomic mass is 16.4. The molecule has 1 N–H and O–H groups in total. The van der Waals surface area contributed by atoms with Gasteiger partial charge in [-0.25, -0.2) is 0 Å². The van der Waals surface area contributed by atoms with Crippen molar-refractivity contribution in [1.29, 1.82) is 0 Å². The first-order valence-corrected chi connectivity index (χ1v) is 8.08. The molecule has 0 unspecified atom stereocenters. The minimum absolute atomic E-state index is 0.0185. The van der Waals surface area contributed by atoms with Crippen LogP contribution >= 0.6 is 0 Å². The second-order valence-electron chi connectivity index (χ2n) is 7.35. The molecule has 0 aromatic carbocycles. The molecule has 24 heavy (non-hydrogen) atoms. The molecule has 2 heterocycles. The summed E-state index contributed by atoms with van der Waals surface area (Å²) >= 11 is 0. The summed E-state index contributed by atoms with van der Waals surface area (Å²) in [4.78, 5) is 26.9. The number of tetrazole rings is 1. The van der Waals surface area contributed by atoms with Crippen molar-refractivity contribution < 1.29 is 14.7 Å². The Hall–Kier alpha value is -2.25. The number of carboxylic acids is 1. The predicted molar refractivity (Wildman–Crippen MR) is 87.2 cm³/mol. The van der Waals surface area contributed by atoms with Crippen molar-refractivity contribution in [2.45, 2.75) is 52.0 Å². The van der Waals surface area contributed by atoms with Crippen LogP contribution in [0.2, 0.25) is 0 Å². The Labute approximate surface area is 141 Å². The number of carboxylic acid groups (broad SMARTS) is 1. The molecule has 0 atom stereocenters. The summed E-state index contributed by atoms with van der Waals surface area (Å²) in [7, 11) is 0. The molecule has 0 spiro atoms. The number of hydrogen-bond acceptors (Lipinski definition) is 5. The third-order valence-corrected chi connectivity index (χ3v) is 4.46. The zero-order valence-corrected chi connectivity index (χ0v) is 14.5. The Kier molecular flexibility index (Phi) is 5.05. The third kappa shape index (κ3) is 3.80. The molecular weight excluding hydrogens is 310 g/mol. The largest absolute Gasteiger partial charge is 0.481 e. The molecule has 1 aromatic rings. The maximum Gasteiger partial charge on any atom is 0.310 e. The summed E-state index contributed by atoms with van der Waals surface area (Å²) in [6.07, 6.45) is 2.92. The first-order valence-electron chi connectivity index (χ1n) is 8.08. The zero-order valence-electron chi connectivity index (χ0n) is 14.5. The van der Waals surface area contributed by atoms with Crippen LogP contribution in [0.15, 0.2) is 12.7 Å². The fraction of sp³-hybridized carbons (Fsp3) is 0.688. The monoisotopic (exact) mass is 335 g/mol. The van der Waals surface area contributed by atoms with Crippen molar-refractivity contribution in [3.05, 3.63) is 18.5 Å². The van der Waals surface area contributed by atoms with Gasteiger partial charge in [-0.15, -0.1) is 16.8 Å². The van der Waals surface area contributed by atoms with Crippen LogP contribution in [0, 0.1) is 5.41 Å². The first kappa shape index (κ1) is 18.1. The Morgan fingerprint density at radius 2 is 1.96 bits per heavy atom. The quantitative estimate of drug-likeness (QED) is 0.812. The molecule has 132 valence electrons. The number of carbonyl (C=O) groups is 2. The topological polar surface area (TPSA) is 101 Å². The van der Waals surface area contributed by atoms with Gasteiger partial charge in [0, 0.05) is 18.5 Å². The van der Waals surface area contributed by atoms with Crippen LogP contribution < -0.4 is 0 Å². The molecule has 8 nitrogen and oxygen atoms in total. The minimum Gasteiger partial charge on any atom is -0.481 e. The number of allylic oxidation sites excluding steroid dienone is 1. The number of piperidine rings is 1. The number of rotatable bonds is 5. The first-order chi connectivity index (χ1) is 11.2. The van der Waals surface area contributed by atoms with Gasteiger partial charge in [0.15, 0.2) is 5.82 Å². The van der Waals surface area contributed by atoms with Gasteiger partial charge < -0.3 is 10.0 Å². The average molecular weight is 335 g/mol. The molecule has 0 bridgehead atoms. The highest BCUT2D eigenvalue weighted by Crippen LogP contribution is 2.35. The smallest absolute Gasteiger partial charge is 0.310 e. The maximum absolute atomic E-state index is 12.4. The lowest BCUT2D eigenvalue weighted by atomic mass is 9.75. The number of carbonyl (C=O) groups excluding carboxylic acids is 1. The maximum atomic E-state index is 12.4. The SMILES string of the molecule is C=CCC1(C(=O)O)CCN(C(=O)Cn2nnc(C(C)(C)C)n2)CC1. The van der Waals surface area contributed by atoms with Crippen molar-refractivity contribution in [3.63, 3.8) is 0 Å². The van der Waals surface area contributed by atoms with Crippen LogP contribution in [0.5, 0.6) is 0 Å². The van der Waals surface area contributed by atoms with E-state index in [9.17, 15) is 14.7 Å². The normalized spacial score (nSPS) is 17.5. The van der Waals surface area contributed by atoms with Gasteiger partial charge >= 0.3 is 5.97 Å². The van der Waals surface area contributed by atoms with Crippen LogP contribution in [0.3, 0.4) is 0 Å². The second-order valence-corrected chi connectivity index (χ2v) is 7.35. The molecule has 1 amide bonds. The summed E-state index contributed by atoms with van der Waals surface area (Å²) in [5.74, 6) is -0.350. The number of hydrogen-bond donors (Lipinski definition) is 1. The average Bonchev–Trinajstić information content (AvgIpc) is 2.96. The fourth-order valence-electron chi connectivity index (χ4n) is 2.80. The van der Waals surface area contributed by atoms with Crippen LogP contribution in [-0.2, 0) is 21.5 Å². The number of amides is 1. The van der Waals surface area contributed by atoms with Gasteiger partial charge in [0.1, 0.15) is 6.54 Å². The molecule has 0 radical (unpaired) electrons. The van der Waals surface area contributed by atoms with E-state index in [4.69, 9.17) is 0 Å². The molecule has 0 aliphatic carbocycles. The standard InChI is InChI=1S/C16H25N5O3/c1-5-6-16(14(23)24)7-9-20(10-8-16)12(22)11-21-18-13(17-19-21)15(2,3)4/h5H,1,6-11H2,2-4H3,(H,23,24). The van der Waals surface area contributed by atoms with Crippen molar-refractivity contribution in [2.75, 3.05) is 13.1 Å². The fourth-order valence-corrected chi connectivity index (χ4v) is 2.80. The minimum atomic E-state index is -0.817. The van der Waals surface area contributed by atoms with Gasteiger partial charge in [0.05, 0.1) is 5.41 Å². The van der Waals surface area contributed by atoms with Gasteiger partial charge in [-0.05, 0) is 24.5 Å². The zero-order chi connectivity index (χ0) is 18.0. The van der Waals surface area contributed by atoms with Crippen molar-refractivity contribution >= 4 is 11.9 Å². The van der Waals surface area contributed by atoms with E-state index in [1.807, 2.05) is 20.8 Å². The lowest BCUT2D eigenvalue weighted by molar-refractivity contribution is -0.154. The molecule has 1 aliphatic rings. The summed E-state index contributed by atoms with van der Waals surface area (Å²) in [6.45, 7) is 10.4. The molecule has 0 saturated carbocycles. The number of likely N-dealkylation sites (tertiary alicyclic amines) is 1. The van der Waals surface area contributed by atoms with Gasteiger partial charge in [-0.2, -0.15) is 4.80 Å².